The fourth-order valence-electron chi connectivity index (χ4n) is 9.91. The average Bonchev–Trinajstić information content (AvgIpc) is 3.96. The SMILES string of the molecule is c1ccc(-c2nc(-c3cccc(-c4ccc5nc(-c6ccc7ccc8ccccc8c7c6)c6ccc7sc8ccccc8c7c6c5c4)c3)nc(-c3ccc4c(c3)sc3ccccc34)n2)cc1. The summed E-state index contributed by atoms with van der Waals surface area (Å²) in [5.41, 5.74) is 8.06. The third-order valence-corrected chi connectivity index (χ3v) is 15.3. The van der Waals surface area contributed by atoms with Crippen molar-refractivity contribution in [3.05, 3.63) is 206 Å². The van der Waals surface area contributed by atoms with E-state index in [0.717, 1.165) is 55.4 Å². The summed E-state index contributed by atoms with van der Waals surface area (Å²) in [5, 5.41) is 13.5. The first-order valence-corrected chi connectivity index (χ1v) is 23.7. The zero-order valence-corrected chi connectivity index (χ0v) is 36.9. The van der Waals surface area contributed by atoms with E-state index in [-0.39, 0.29) is 0 Å². The number of thiophene rings is 2. The molecule has 306 valence electrons. The van der Waals surface area contributed by atoms with Crippen molar-refractivity contribution in [2.45, 2.75) is 0 Å². The third-order valence-electron chi connectivity index (χ3n) is 13.1. The van der Waals surface area contributed by atoms with E-state index in [1.807, 2.05) is 29.5 Å². The van der Waals surface area contributed by atoms with Crippen LogP contribution in [0.5, 0.6) is 0 Å². The maximum Gasteiger partial charge on any atom is 0.164 e. The van der Waals surface area contributed by atoms with E-state index in [1.165, 1.54) is 67.3 Å². The second kappa shape index (κ2) is 14.7. The minimum atomic E-state index is 0.629. The predicted octanol–water partition coefficient (Wildman–Crippen LogP) is 17.0. The van der Waals surface area contributed by atoms with E-state index >= 15 is 0 Å². The van der Waals surface area contributed by atoms with Gasteiger partial charge in [0, 0.05) is 78.8 Å². The molecule has 0 fully saturated rings. The molecule has 0 bridgehead atoms. The van der Waals surface area contributed by atoms with Crippen LogP contribution in [-0.4, -0.2) is 19.9 Å². The summed E-state index contributed by atoms with van der Waals surface area (Å²) in [7, 11) is 0. The monoisotopic (exact) mass is 874 g/mol. The highest BCUT2D eigenvalue weighted by molar-refractivity contribution is 7.26. The van der Waals surface area contributed by atoms with Gasteiger partial charge in [-0.2, -0.15) is 0 Å². The van der Waals surface area contributed by atoms with Gasteiger partial charge in [-0.3, -0.25) is 0 Å². The third kappa shape index (κ3) is 5.96. The van der Waals surface area contributed by atoms with Gasteiger partial charge >= 0.3 is 0 Å². The molecule has 4 aromatic heterocycles. The van der Waals surface area contributed by atoms with E-state index in [2.05, 4.69) is 188 Å². The van der Waals surface area contributed by atoms with E-state index in [4.69, 9.17) is 19.9 Å². The first-order chi connectivity index (χ1) is 32.7. The Kier molecular flexibility index (Phi) is 8.29. The van der Waals surface area contributed by atoms with Gasteiger partial charge < -0.3 is 0 Å². The van der Waals surface area contributed by atoms with Crippen molar-refractivity contribution in [2.75, 3.05) is 0 Å². The molecule has 4 heterocycles. The molecular formula is C60H34N4S2. The van der Waals surface area contributed by atoms with Crippen LogP contribution >= 0.6 is 22.7 Å². The lowest BCUT2D eigenvalue weighted by Gasteiger charge is -2.14. The van der Waals surface area contributed by atoms with Gasteiger partial charge in [0.1, 0.15) is 0 Å². The van der Waals surface area contributed by atoms with Crippen LogP contribution in [0, 0.1) is 0 Å². The number of fused-ring (bicyclic) bond motifs is 13. The van der Waals surface area contributed by atoms with Gasteiger partial charge in [-0.25, -0.2) is 19.9 Å². The molecule has 6 heteroatoms. The Morgan fingerprint density at radius 3 is 1.67 bits per heavy atom. The number of aromatic nitrogens is 4. The molecule has 0 aliphatic heterocycles. The van der Waals surface area contributed by atoms with E-state index in [0.29, 0.717) is 17.5 Å². The molecule has 0 atom stereocenters. The highest BCUT2D eigenvalue weighted by atomic mass is 32.1. The first kappa shape index (κ1) is 37.2. The Labute approximate surface area is 386 Å². The lowest BCUT2D eigenvalue weighted by atomic mass is 9.93. The summed E-state index contributed by atoms with van der Waals surface area (Å²) in [4.78, 5) is 20.9. The van der Waals surface area contributed by atoms with Crippen molar-refractivity contribution < 1.29 is 0 Å². The molecule has 0 amide bonds. The molecule has 66 heavy (non-hydrogen) atoms. The topological polar surface area (TPSA) is 51.6 Å². The van der Waals surface area contributed by atoms with Gasteiger partial charge in [-0.05, 0) is 81.2 Å². The molecule has 4 nitrogen and oxygen atoms in total. The lowest BCUT2D eigenvalue weighted by molar-refractivity contribution is 1.07. The second-order valence-corrected chi connectivity index (χ2v) is 19.1. The van der Waals surface area contributed by atoms with Crippen LogP contribution in [0.15, 0.2) is 206 Å². The summed E-state index contributed by atoms with van der Waals surface area (Å²) in [6.45, 7) is 0. The van der Waals surface area contributed by atoms with Crippen molar-refractivity contribution in [1.29, 1.82) is 0 Å². The summed E-state index contributed by atoms with van der Waals surface area (Å²) in [5.74, 6) is 1.92. The Balaban J connectivity index is 0.947. The Bertz CT molecular complexity index is 4300. The van der Waals surface area contributed by atoms with Crippen LogP contribution in [0.3, 0.4) is 0 Å². The summed E-state index contributed by atoms with van der Waals surface area (Å²) in [6.07, 6.45) is 0. The molecule has 14 aromatic rings. The van der Waals surface area contributed by atoms with Crippen LogP contribution in [0.4, 0.5) is 0 Å². The van der Waals surface area contributed by atoms with Crippen molar-refractivity contribution in [2.24, 2.45) is 0 Å². The number of hydrogen-bond donors (Lipinski definition) is 0. The highest BCUT2D eigenvalue weighted by Gasteiger charge is 2.19. The van der Waals surface area contributed by atoms with Crippen LogP contribution in [0.1, 0.15) is 0 Å². The van der Waals surface area contributed by atoms with Crippen molar-refractivity contribution in [3.63, 3.8) is 0 Å². The molecule has 0 N–H and O–H groups in total. The number of benzene rings is 10. The molecule has 0 radical (unpaired) electrons. The average molecular weight is 875 g/mol. The second-order valence-electron chi connectivity index (χ2n) is 16.9. The zero-order chi connectivity index (χ0) is 43.3. The molecule has 0 aliphatic rings. The summed E-state index contributed by atoms with van der Waals surface area (Å²) in [6, 6.07) is 73.9. The van der Waals surface area contributed by atoms with Gasteiger partial charge in [0.05, 0.1) is 11.2 Å². The van der Waals surface area contributed by atoms with Crippen LogP contribution < -0.4 is 0 Å². The first-order valence-electron chi connectivity index (χ1n) is 22.1. The van der Waals surface area contributed by atoms with Crippen molar-refractivity contribution in [3.8, 4) is 56.5 Å². The van der Waals surface area contributed by atoms with Gasteiger partial charge in [0.25, 0.3) is 0 Å². The van der Waals surface area contributed by atoms with Gasteiger partial charge in [-0.15, -0.1) is 22.7 Å². The molecule has 10 aromatic carbocycles. The lowest BCUT2D eigenvalue weighted by Crippen LogP contribution is -2.00. The minimum absolute atomic E-state index is 0.629. The molecule has 0 saturated heterocycles. The van der Waals surface area contributed by atoms with E-state index in [9.17, 15) is 0 Å². The maximum atomic E-state index is 5.52. The number of hydrogen-bond acceptors (Lipinski definition) is 6. The maximum absolute atomic E-state index is 5.52. The molecule has 0 spiro atoms. The van der Waals surface area contributed by atoms with Gasteiger partial charge in [-0.1, -0.05) is 158 Å². The predicted molar refractivity (Wildman–Crippen MR) is 281 cm³/mol. The van der Waals surface area contributed by atoms with Gasteiger partial charge in [0.15, 0.2) is 17.5 Å². The Hall–Kier alpha value is -8.16. The molecular weight excluding hydrogens is 841 g/mol. The fourth-order valence-corrected chi connectivity index (χ4v) is 12.2. The van der Waals surface area contributed by atoms with Crippen molar-refractivity contribution >= 4 is 106 Å². The standard InChI is InChI=1S/C60H34N4S2/c1-2-12-37(13-3-1)58-62-59(64-60(63-58)42-25-27-45-44-17-6-8-19-51(44)66-54(45)34-42)41-15-10-14-38(31-41)39-26-29-50-49(32-39)55-47(28-30-53-56(55)46-18-7-9-20-52(46)65-53)57(61-50)40-24-23-36-22-21-35-11-4-5-16-43(35)48(36)33-40/h1-34H. The number of rotatable bonds is 5. The van der Waals surface area contributed by atoms with Crippen LogP contribution in [0.2, 0.25) is 0 Å². The largest absolute Gasteiger partial charge is 0.247 e. The van der Waals surface area contributed by atoms with E-state index < -0.39 is 0 Å². The zero-order valence-electron chi connectivity index (χ0n) is 35.2. The summed E-state index contributed by atoms with van der Waals surface area (Å²) >= 11 is 3.65. The van der Waals surface area contributed by atoms with Crippen LogP contribution in [-0.2, 0) is 0 Å². The highest BCUT2D eigenvalue weighted by Crippen LogP contribution is 2.45. The number of pyridine rings is 1. The molecule has 0 saturated carbocycles. The Morgan fingerprint density at radius 2 is 0.818 bits per heavy atom. The Morgan fingerprint density at radius 1 is 0.258 bits per heavy atom. The van der Waals surface area contributed by atoms with Crippen LogP contribution in [0.25, 0.3) is 140 Å². The smallest absolute Gasteiger partial charge is 0.164 e. The normalized spacial score (nSPS) is 11.9. The molecule has 14 rings (SSSR count). The summed E-state index contributed by atoms with van der Waals surface area (Å²) < 4.78 is 5.03. The fraction of sp³-hybridized carbons (Fsp3) is 0. The van der Waals surface area contributed by atoms with Crippen molar-refractivity contribution in [1.82, 2.24) is 19.9 Å². The minimum Gasteiger partial charge on any atom is -0.247 e. The molecule has 0 unspecified atom stereocenters. The van der Waals surface area contributed by atoms with E-state index in [1.54, 1.807) is 11.3 Å². The number of nitrogens with zero attached hydrogens (tertiary/aromatic N) is 4. The molecule has 0 aliphatic carbocycles. The van der Waals surface area contributed by atoms with Gasteiger partial charge in [0.2, 0.25) is 0 Å². The quantitative estimate of drug-likeness (QED) is 0.162.